The molecule has 1 aromatic heterocycles. The molecule has 1 spiro atoms. The number of amides is 1. The van der Waals surface area contributed by atoms with Crippen molar-refractivity contribution in [2.45, 2.75) is 102 Å². The first-order valence-electron chi connectivity index (χ1n) is 16.0. The highest BCUT2D eigenvalue weighted by atomic mass is 16.8. The van der Waals surface area contributed by atoms with Crippen molar-refractivity contribution in [3.05, 3.63) is 47.2 Å². The van der Waals surface area contributed by atoms with Crippen LogP contribution < -0.4 is 5.32 Å². The molecule has 0 radical (unpaired) electrons. The summed E-state index contributed by atoms with van der Waals surface area (Å²) in [6.07, 6.45) is 1.66. The van der Waals surface area contributed by atoms with Gasteiger partial charge in [0.05, 0.1) is 0 Å². The van der Waals surface area contributed by atoms with E-state index < -0.39 is 46.1 Å². The number of ether oxygens (including phenoxy) is 3. The molecule has 1 amide bonds. The predicted octanol–water partition coefficient (Wildman–Crippen LogP) is 4.37. The van der Waals surface area contributed by atoms with Crippen LogP contribution in [0.1, 0.15) is 72.1 Å². The van der Waals surface area contributed by atoms with Crippen molar-refractivity contribution in [2.75, 3.05) is 26.2 Å². The Labute approximate surface area is 253 Å². The molecule has 3 N–H and O–H groups in total. The van der Waals surface area contributed by atoms with E-state index in [-0.39, 0.29) is 11.7 Å². The van der Waals surface area contributed by atoms with Crippen LogP contribution in [-0.2, 0) is 30.8 Å². The number of alkyl carbamates (subject to hydrolysis) is 1. The molecule has 2 aromatic rings. The first-order valence-corrected chi connectivity index (χ1v) is 16.0. The lowest BCUT2D eigenvalue weighted by Gasteiger charge is -2.67. The van der Waals surface area contributed by atoms with Crippen molar-refractivity contribution in [2.24, 2.45) is 11.3 Å². The Morgan fingerprint density at radius 3 is 2.65 bits per heavy atom. The van der Waals surface area contributed by atoms with Gasteiger partial charge in [-0.1, -0.05) is 45.9 Å². The van der Waals surface area contributed by atoms with Crippen molar-refractivity contribution in [3.8, 4) is 0 Å². The number of aliphatic hydroxyl groups is 1. The van der Waals surface area contributed by atoms with E-state index in [1.807, 2.05) is 19.9 Å². The largest absolute Gasteiger partial charge is 0.443 e. The zero-order valence-electron chi connectivity index (χ0n) is 26.2. The van der Waals surface area contributed by atoms with Crippen LogP contribution in [0.3, 0.4) is 0 Å². The molecule has 7 atom stereocenters. The Kier molecular flexibility index (Phi) is 6.34. The third-order valence-electron chi connectivity index (χ3n) is 12.1. The standard InChI is InChI=1S/C34H45N3O6/c1-7-37(8-2)16-15-35-29(39)41-26-18-20-17-22-21-11-9-10-12-23(21)36-27(22)32(20,6)31(5)13-14-33-25(34(26,31)40)19-24(38)28(42-33)30(3,4)43-33/h9-12,19-20,26,28,36,40H,7-8,13-18H2,1-6H3,(H,35,39)/t20-,26+,28+,31-,32-,33+,34+/m1/s1. The van der Waals surface area contributed by atoms with Gasteiger partial charge in [-0.25, -0.2) is 4.79 Å². The second-order valence-corrected chi connectivity index (χ2v) is 14.2. The number of carbonyl (C=O) groups excluding carboxylic acids is 2. The molecule has 3 aliphatic carbocycles. The van der Waals surface area contributed by atoms with Crippen molar-refractivity contribution >= 4 is 22.8 Å². The van der Waals surface area contributed by atoms with Crippen molar-refractivity contribution in [1.82, 2.24) is 15.2 Å². The number of hydrogen-bond donors (Lipinski definition) is 3. The van der Waals surface area contributed by atoms with Gasteiger partial charge in [0, 0.05) is 52.5 Å². The lowest BCUT2D eigenvalue weighted by Crippen LogP contribution is -2.75. The fourth-order valence-electron chi connectivity index (χ4n) is 9.56. The van der Waals surface area contributed by atoms with E-state index >= 15 is 0 Å². The summed E-state index contributed by atoms with van der Waals surface area (Å²) in [5.41, 5.74) is -0.00609. The van der Waals surface area contributed by atoms with Crippen LogP contribution in [0, 0.1) is 11.3 Å². The molecule has 1 aromatic carbocycles. The van der Waals surface area contributed by atoms with Crippen LogP contribution in [0.5, 0.6) is 0 Å². The van der Waals surface area contributed by atoms with Gasteiger partial charge in [-0.3, -0.25) is 4.79 Å². The van der Waals surface area contributed by atoms with Gasteiger partial charge >= 0.3 is 6.09 Å². The lowest BCUT2D eigenvalue weighted by atomic mass is 9.41. The molecule has 5 aliphatic rings. The molecule has 2 aliphatic heterocycles. The van der Waals surface area contributed by atoms with E-state index in [1.54, 1.807) is 6.08 Å². The minimum atomic E-state index is -1.72. The van der Waals surface area contributed by atoms with Crippen molar-refractivity contribution < 1.29 is 28.9 Å². The highest BCUT2D eigenvalue weighted by Crippen LogP contribution is 2.72. The number of H-pyrrole nitrogens is 1. The third kappa shape index (κ3) is 3.65. The van der Waals surface area contributed by atoms with Crippen LogP contribution in [-0.4, -0.2) is 82.2 Å². The van der Waals surface area contributed by atoms with Crippen molar-refractivity contribution in [1.29, 1.82) is 0 Å². The summed E-state index contributed by atoms with van der Waals surface area (Å²) >= 11 is 0. The van der Waals surface area contributed by atoms with E-state index in [9.17, 15) is 14.7 Å². The Morgan fingerprint density at radius 1 is 1.16 bits per heavy atom. The number of nitrogens with one attached hydrogen (secondary N) is 2. The summed E-state index contributed by atoms with van der Waals surface area (Å²) < 4.78 is 19.3. The molecule has 43 heavy (non-hydrogen) atoms. The van der Waals surface area contributed by atoms with Crippen LogP contribution in [0.2, 0.25) is 0 Å². The maximum atomic E-state index is 13.5. The van der Waals surface area contributed by atoms with Crippen LogP contribution in [0.25, 0.3) is 10.9 Å². The van der Waals surface area contributed by atoms with Gasteiger partial charge in [-0.2, -0.15) is 0 Å². The van der Waals surface area contributed by atoms with Gasteiger partial charge in [-0.15, -0.1) is 0 Å². The molecule has 3 heterocycles. The number of aromatic nitrogens is 1. The van der Waals surface area contributed by atoms with Gasteiger partial charge in [0.25, 0.3) is 0 Å². The minimum Gasteiger partial charge on any atom is -0.443 e. The zero-order valence-corrected chi connectivity index (χ0v) is 26.2. The number of ketones is 1. The lowest BCUT2D eigenvalue weighted by molar-refractivity contribution is -0.273. The Hall–Kier alpha value is -2.72. The first-order chi connectivity index (χ1) is 20.3. The van der Waals surface area contributed by atoms with Gasteiger partial charge in [0.2, 0.25) is 0 Å². The minimum absolute atomic E-state index is 0.112. The smallest absolute Gasteiger partial charge is 0.407 e. The number of benzene rings is 1. The number of para-hydroxylation sites is 1. The van der Waals surface area contributed by atoms with Gasteiger partial charge in [-0.05, 0) is 69.8 Å². The quantitative estimate of drug-likeness (QED) is 0.457. The Balaban J connectivity index is 1.32. The van der Waals surface area contributed by atoms with Crippen LogP contribution >= 0.6 is 0 Å². The second-order valence-electron chi connectivity index (χ2n) is 14.2. The number of hydrogen-bond acceptors (Lipinski definition) is 7. The second kappa shape index (κ2) is 9.39. The van der Waals surface area contributed by atoms with E-state index in [4.69, 9.17) is 14.2 Å². The number of fused-ring (bicyclic) bond motifs is 9. The molecule has 7 rings (SSSR count). The summed E-state index contributed by atoms with van der Waals surface area (Å²) in [5, 5.41) is 17.5. The molecule has 1 saturated heterocycles. The van der Waals surface area contributed by atoms with E-state index in [2.05, 4.69) is 61.1 Å². The average molecular weight is 592 g/mol. The fraction of sp³-hybridized carbons (Fsp3) is 0.647. The normalized spacial score (nSPS) is 38.7. The van der Waals surface area contributed by atoms with E-state index in [0.717, 1.165) is 30.7 Å². The maximum Gasteiger partial charge on any atom is 0.407 e. The molecule has 0 unspecified atom stereocenters. The molecule has 9 heteroatoms. The SMILES string of the molecule is CCN(CC)CCNC(=O)O[C@H]1C[C@H]2Cc3c([nH]c4ccccc34)[C@]2(C)[C@@]2(C)CC[C@@]34O[C@@H](C(=O)C=C3[C@]12O)C(C)(C)O4. The molecule has 2 saturated carbocycles. The van der Waals surface area contributed by atoms with E-state index in [1.165, 1.54) is 10.9 Å². The average Bonchev–Trinajstić information content (AvgIpc) is 3.56. The highest BCUT2D eigenvalue weighted by molar-refractivity contribution is 5.97. The monoisotopic (exact) mass is 591 g/mol. The predicted molar refractivity (Wildman–Crippen MR) is 162 cm³/mol. The summed E-state index contributed by atoms with van der Waals surface area (Å²) in [6.45, 7) is 15.2. The number of carbonyl (C=O) groups is 2. The maximum absolute atomic E-state index is 13.5. The Bertz CT molecular complexity index is 1530. The summed E-state index contributed by atoms with van der Waals surface area (Å²) in [5.74, 6) is -1.36. The number of likely N-dealkylation sites (N-methyl/N-ethyl adjacent to an activating group) is 1. The zero-order chi connectivity index (χ0) is 30.6. The summed E-state index contributed by atoms with van der Waals surface area (Å²) in [4.78, 5) is 32.9. The molecule has 2 bridgehead atoms. The molecular weight excluding hydrogens is 546 g/mol. The van der Waals surface area contributed by atoms with Crippen LogP contribution in [0.4, 0.5) is 4.79 Å². The van der Waals surface area contributed by atoms with Crippen LogP contribution in [0.15, 0.2) is 35.9 Å². The molecule has 9 nitrogen and oxygen atoms in total. The fourth-order valence-corrected chi connectivity index (χ4v) is 9.56. The van der Waals surface area contributed by atoms with Gasteiger partial charge in [0.15, 0.2) is 17.7 Å². The number of nitrogens with zero attached hydrogens (tertiary/aromatic N) is 1. The molecule has 3 fully saturated rings. The Morgan fingerprint density at radius 2 is 1.91 bits per heavy atom. The van der Waals surface area contributed by atoms with Gasteiger partial charge < -0.3 is 34.5 Å². The molecule has 232 valence electrons. The summed E-state index contributed by atoms with van der Waals surface area (Å²) in [7, 11) is 0. The summed E-state index contributed by atoms with van der Waals surface area (Å²) in [6, 6.07) is 8.34. The number of aromatic amines is 1. The molecular formula is C34H45N3O6. The third-order valence-corrected chi connectivity index (χ3v) is 12.1. The number of rotatable bonds is 6. The van der Waals surface area contributed by atoms with E-state index in [0.29, 0.717) is 37.9 Å². The highest BCUT2D eigenvalue weighted by Gasteiger charge is 2.78. The van der Waals surface area contributed by atoms with Crippen molar-refractivity contribution in [3.63, 3.8) is 0 Å². The van der Waals surface area contributed by atoms with Gasteiger partial charge in [0.1, 0.15) is 17.3 Å². The first kappa shape index (κ1) is 29.0. The topological polar surface area (TPSA) is 113 Å².